The Bertz CT molecular complexity index is 525. The number of aromatic amines is 1. The van der Waals surface area contributed by atoms with Crippen LogP contribution in [0.25, 0.3) is 11.4 Å². The molecule has 0 bridgehead atoms. The minimum absolute atomic E-state index is 0.347. The van der Waals surface area contributed by atoms with Crippen molar-refractivity contribution in [1.82, 2.24) is 9.97 Å². The molecule has 2 rings (SSSR count). The number of nitriles is 1. The molecular formula is C10H5BrClN3. The lowest BCUT2D eigenvalue weighted by Crippen LogP contribution is -1.79. The van der Waals surface area contributed by atoms with E-state index >= 15 is 0 Å². The van der Waals surface area contributed by atoms with Gasteiger partial charge in [-0.3, -0.25) is 0 Å². The van der Waals surface area contributed by atoms with Gasteiger partial charge in [-0.25, -0.2) is 4.98 Å². The molecule has 0 radical (unpaired) electrons. The van der Waals surface area contributed by atoms with Crippen LogP contribution in [0.15, 0.2) is 28.9 Å². The summed E-state index contributed by atoms with van der Waals surface area (Å²) in [6, 6.07) is 9.22. The van der Waals surface area contributed by atoms with E-state index in [9.17, 15) is 0 Å². The summed E-state index contributed by atoms with van der Waals surface area (Å²) in [5.74, 6) is 0.648. The van der Waals surface area contributed by atoms with Gasteiger partial charge in [0.25, 0.3) is 0 Å². The van der Waals surface area contributed by atoms with Gasteiger partial charge in [0.2, 0.25) is 0 Å². The maximum Gasteiger partial charge on any atom is 0.173 e. The number of rotatable bonds is 1. The summed E-state index contributed by atoms with van der Waals surface area (Å²) in [5.41, 5.74) is 1.24. The second kappa shape index (κ2) is 4.05. The highest BCUT2D eigenvalue weighted by Crippen LogP contribution is 2.22. The van der Waals surface area contributed by atoms with E-state index in [1.165, 1.54) is 0 Å². The number of aromatic nitrogens is 2. The fourth-order valence-electron chi connectivity index (χ4n) is 1.17. The van der Waals surface area contributed by atoms with Crippen LogP contribution in [0.3, 0.4) is 0 Å². The van der Waals surface area contributed by atoms with Gasteiger partial charge in [-0.15, -0.1) is 0 Å². The van der Waals surface area contributed by atoms with E-state index < -0.39 is 0 Å². The van der Waals surface area contributed by atoms with Crippen molar-refractivity contribution >= 4 is 27.5 Å². The average Bonchev–Trinajstić information content (AvgIpc) is 2.61. The van der Waals surface area contributed by atoms with Crippen LogP contribution in [0.4, 0.5) is 0 Å². The summed E-state index contributed by atoms with van der Waals surface area (Å²) in [4.78, 5) is 7.09. The third-order valence-electron chi connectivity index (χ3n) is 1.88. The highest BCUT2D eigenvalue weighted by atomic mass is 79.9. The highest BCUT2D eigenvalue weighted by Gasteiger charge is 2.08. The molecular weight excluding hydrogens is 277 g/mol. The molecule has 5 heteroatoms. The Hall–Kier alpha value is -1.31. The number of benzene rings is 1. The second-order valence-corrected chi connectivity index (χ2v) is 4.10. The number of nitrogens with one attached hydrogen (secondary N) is 1. The first-order chi connectivity index (χ1) is 7.20. The quantitative estimate of drug-likeness (QED) is 0.872. The Balaban J connectivity index is 2.46. The summed E-state index contributed by atoms with van der Waals surface area (Å²) in [5, 5.41) is 9.41. The molecule has 1 aromatic carbocycles. The molecule has 0 fully saturated rings. The van der Waals surface area contributed by atoms with Gasteiger partial charge < -0.3 is 4.98 Å². The molecule has 0 atom stereocenters. The molecule has 0 saturated carbocycles. The molecule has 3 nitrogen and oxygen atoms in total. The molecule has 15 heavy (non-hydrogen) atoms. The maximum atomic E-state index is 8.74. The number of hydrogen-bond acceptors (Lipinski definition) is 2. The van der Waals surface area contributed by atoms with E-state index in [1.807, 2.05) is 18.2 Å². The van der Waals surface area contributed by atoms with Gasteiger partial charge in [0.05, 0.1) is 0 Å². The van der Waals surface area contributed by atoms with Gasteiger partial charge in [0.15, 0.2) is 5.69 Å². The standard InChI is InChI=1S/C10H5BrClN3/c11-9-8(5-13)14-10(15-9)6-1-3-7(12)4-2-6/h1-4H,(H,14,15). The molecule has 0 amide bonds. The van der Waals surface area contributed by atoms with E-state index in [0.29, 0.717) is 21.1 Å². The first-order valence-corrected chi connectivity index (χ1v) is 5.29. The van der Waals surface area contributed by atoms with Crippen LogP contribution in [0.1, 0.15) is 5.69 Å². The summed E-state index contributed by atoms with van der Waals surface area (Å²) >= 11 is 8.99. The summed E-state index contributed by atoms with van der Waals surface area (Å²) in [6.45, 7) is 0. The first-order valence-electron chi connectivity index (χ1n) is 4.12. The maximum absolute atomic E-state index is 8.74. The molecule has 1 heterocycles. The lowest BCUT2D eigenvalue weighted by atomic mass is 10.2. The van der Waals surface area contributed by atoms with Crippen molar-refractivity contribution in [3.63, 3.8) is 0 Å². The Morgan fingerprint density at radius 2 is 2.00 bits per heavy atom. The van der Waals surface area contributed by atoms with Gasteiger partial charge >= 0.3 is 0 Å². The van der Waals surface area contributed by atoms with Crippen LogP contribution in [0.2, 0.25) is 5.02 Å². The summed E-state index contributed by atoms with van der Waals surface area (Å²) < 4.78 is 0.593. The van der Waals surface area contributed by atoms with Gasteiger partial charge in [-0.1, -0.05) is 11.6 Å². The van der Waals surface area contributed by atoms with Crippen LogP contribution in [-0.4, -0.2) is 9.97 Å². The van der Waals surface area contributed by atoms with E-state index in [1.54, 1.807) is 12.1 Å². The predicted octanol–water partition coefficient (Wildman–Crippen LogP) is 3.36. The zero-order valence-corrected chi connectivity index (χ0v) is 9.80. The zero-order chi connectivity index (χ0) is 10.8. The third-order valence-corrected chi connectivity index (χ3v) is 2.71. The van der Waals surface area contributed by atoms with Crippen LogP contribution < -0.4 is 0 Å². The Labute approximate surface area is 99.8 Å². The molecule has 74 valence electrons. The Kier molecular flexibility index (Phi) is 2.76. The molecule has 0 spiro atoms. The number of imidazole rings is 1. The number of nitrogens with zero attached hydrogens (tertiary/aromatic N) is 2. The molecule has 1 aromatic heterocycles. The van der Waals surface area contributed by atoms with Crippen LogP contribution >= 0.6 is 27.5 Å². The van der Waals surface area contributed by atoms with Gasteiger partial charge in [-0.05, 0) is 40.2 Å². The molecule has 0 aliphatic rings. The average molecular weight is 283 g/mol. The van der Waals surface area contributed by atoms with Crippen molar-refractivity contribution in [2.75, 3.05) is 0 Å². The van der Waals surface area contributed by atoms with E-state index in [2.05, 4.69) is 25.9 Å². The normalized spacial score (nSPS) is 9.93. The van der Waals surface area contributed by atoms with Crippen LogP contribution in [-0.2, 0) is 0 Å². The second-order valence-electron chi connectivity index (χ2n) is 2.87. The van der Waals surface area contributed by atoms with Crippen molar-refractivity contribution in [2.45, 2.75) is 0 Å². The first kappa shape index (κ1) is 10.2. The van der Waals surface area contributed by atoms with E-state index in [4.69, 9.17) is 16.9 Å². The van der Waals surface area contributed by atoms with Gasteiger partial charge in [-0.2, -0.15) is 5.26 Å². The monoisotopic (exact) mass is 281 g/mol. The Morgan fingerprint density at radius 1 is 1.33 bits per heavy atom. The molecule has 0 aliphatic heterocycles. The number of hydrogen-bond donors (Lipinski definition) is 1. The predicted molar refractivity (Wildman–Crippen MR) is 61.4 cm³/mol. The summed E-state index contributed by atoms with van der Waals surface area (Å²) in [7, 11) is 0. The fraction of sp³-hybridized carbons (Fsp3) is 0. The SMILES string of the molecule is N#Cc1nc(-c2ccc(Cl)cc2)[nH]c1Br. The van der Waals surface area contributed by atoms with Gasteiger partial charge in [0, 0.05) is 10.6 Å². The zero-order valence-electron chi connectivity index (χ0n) is 7.46. The molecule has 1 N–H and O–H groups in total. The third kappa shape index (κ3) is 2.04. The fourth-order valence-corrected chi connectivity index (χ4v) is 1.66. The molecule has 0 unspecified atom stereocenters. The van der Waals surface area contributed by atoms with E-state index in [0.717, 1.165) is 5.56 Å². The minimum atomic E-state index is 0.347. The van der Waals surface area contributed by atoms with Crippen LogP contribution in [0, 0.1) is 11.3 Å². The van der Waals surface area contributed by atoms with Crippen molar-refractivity contribution in [3.05, 3.63) is 39.6 Å². The van der Waals surface area contributed by atoms with Crippen molar-refractivity contribution in [2.24, 2.45) is 0 Å². The smallest absolute Gasteiger partial charge is 0.173 e. The molecule has 0 aliphatic carbocycles. The molecule has 2 aromatic rings. The van der Waals surface area contributed by atoms with Crippen LogP contribution in [0.5, 0.6) is 0 Å². The lowest BCUT2D eigenvalue weighted by molar-refractivity contribution is 1.29. The Morgan fingerprint density at radius 3 is 2.53 bits per heavy atom. The number of halogens is 2. The topological polar surface area (TPSA) is 52.5 Å². The summed E-state index contributed by atoms with van der Waals surface area (Å²) in [6.07, 6.45) is 0. The van der Waals surface area contributed by atoms with E-state index in [-0.39, 0.29) is 0 Å². The minimum Gasteiger partial charge on any atom is -0.332 e. The van der Waals surface area contributed by atoms with Crippen molar-refractivity contribution in [3.8, 4) is 17.5 Å². The lowest BCUT2D eigenvalue weighted by Gasteiger charge is -1.95. The number of H-pyrrole nitrogens is 1. The molecule has 0 saturated heterocycles. The van der Waals surface area contributed by atoms with Crippen molar-refractivity contribution in [1.29, 1.82) is 5.26 Å². The highest BCUT2D eigenvalue weighted by molar-refractivity contribution is 9.10. The van der Waals surface area contributed by atoms with Crippen molar-refractivity contribution < 1.29 is 0 Å². The van der Waals surface area contributed by atoms with Gasteiger partial charge in [0.1, 0.15) is 16.5 Å². The largest absolute Gasteiger partial charge is 0.332 e.